The van der Waals surface area contributed by atoms with Gasteiger partial charge in [0.1, 0.15) is 6.10 Å². The van der Waals surface area contributed by atoms with Crippen LogP contribution >= 0.6 is 0 Å². The van der Waals surface area contributed by atoms with Gasteiger partial charge in [-0.3, -0.25) is 0 Å². The number of nitrogens with zero attached hydrogens (tertiary/aromatic N) is 1. The summed E-state index contributed by atoms with van der Waals surface area (Å²) in [6.07, 6.45) is 5.38. The van der Waals surface area contributed by atoms with Gasteiger partial charge in [0.05, 0.1) is 18.6 Å². The molecule has 4 rings (SSSR count). The van der Waals surface area contributed by atoms with Crippen LogP contribution in [0.15, 0.2) is 24.3 Å². The van der Waals surface area contributed by atoms with Gasteiger partial charge in [-0.2, -0.15) is 0 Å². The largest absolute Gasteiger partial charge is 0.493 e. The van der Waals surface area contributed by atoms with E-state index in [1.807, 2.05) is 12.1 Å². The van der Waals surface area contributed by atoms with Gasteiger partial charge in [0.2, 0.25) is 0 Å². The molecule has 0 amide bonds. The van der Waals surface area contributed by atoms with Gasteiger partial charge in [0, 0.05) is 18.5 Å². The van der Waals surface area contributed by atoms with Crippen molar-refractivity contribution in [2.75, 3.05) is 20.7 Å². The van der Waals surface area contributed by atoms with Crippen molar-refractivity contribution in [1.82, 2.24) is 4.90 Å². The molecule has 1 aromatic rings. The van der Waals surface area contributed by atoms with Crippen LogP contribution in [0.2, 0.25) is 0 Å². The zero-order valence-electron chi connectivity index (χ0n) is 12.5. The first-order valence-corrected chi connectivity index (χ1v) is 7.57. The van der Waals surface area contributed by atoms with Gasteiger partial charge in [-0.1, -0.05) is 18.2 Å². The van der Waals surface area contributed by atoms with Crippen molar-refractivity contribution < 1.29 is 14.6 Å². The number of hydrogen-bond donors (Lipinski definition) is 1. The molecule has 0 fully saturated rings. The topological polar surface area (TPSA) is 41.9 Å². The molecule has 0 bridgehead atoms. The average molecular weight is 287 g/mol. The first-order chi connectivity index (χ1) is 10.1. The maximum absolute atomic E-state index is 9.97. The summed E-state index contributed by atoms with van der Waals surface area (Å²) in [4.78, 5) is 2.35. The van der Waals surface area contributed by atoms with Gasteiger partial charge < -0.3 is 19.5 Å². The van der Waals surface area contributed by atoms with Crippen molar-refractivity contribution in [1.29, 1.82) is 0 Å². The number of hydrogen-bond acceptors (Lipinski definition) is 4. The normalized spacial score (nSPS) is 33.9. The Bertz CT molecular complexity index is 612. The lowest BCUT2D eigenvalue weighted by atomic mass is 9.69. The molecule has 1 aromatic carbocycles. The highest BCUT2D eigenvalue weighted by Gasteiger charge is 2.52. The maximum Gasteiger partial charge on any atom is 0.166 e. The third kappa shape index (κ3) is 1.75. The molecule has 2 heterocycles. The van der Waals surface area contributed by atoms with Crippen LogP contribution in [0.4, 0.5) is 0 Å². The van der Waals surface area contributed by atoms with E-state index >= 15 is 0 Å². The van der Waals surface area contributed by atoms with E-state index < -0.39 is 6.10 Å². The summed E-state index contributed by atoms with van der Waals surface area (Å²) in [6.45, 7) is 1.96. The monoisotopic (exact) mass is 287 g/mol. The van der Waals surface area contributed by atoms with Gasteiger partial charge in [-0.25, -0.2) is 0 Å². The lowest BCUT2D eigenvalue weighted by molar-refractivity contribution is 0.0821. The van der Waals surface area contributed by atoms with Gasteiger partial charge in [-0.15, -0.1) is 0 Å². The number of aliphatic hydroxyl groups is 1. The molecule has 3 aliphatic rings. The second-order valence-corrected chi connectivity index (χ2v) is 6.43. The highest BCUT2D eigenvalue weighted by molar-refractivity contribution is 5.60. The third-order valence-corrected chi connectivity index (χ3v) is 5.15. The van der Waals surface area contributed by atoms with E-state index in [-0.39, 0.29) is 11.5 Å². The van der Waals surface area contributed by atoms with Crippen LogP contribution in [-0.2, 0) is 12.0 Å². The summed E-state index contributed by atoms with van der Waals surface area (Å²) in [6, 6.07) is 4.16. The van der Waals surface area contributed by atoms with Gasteiger partial charge in [0.25, 0.3) is 0 Å². The lowest BCUT2D eigenvalue weighted by Gasteiger charge is -2.35. The van der Waals surface area contributed by atoms with Gasteiger partial charge in [0.15, 0.2) is 11.5 Å². The fraction of sp³-hybridized carbons (Fsp3) is 0.529. The van der Waals surface area contributed by atoms with Crippen LogP contribution in [0.3, 0.4) is 0 Å². The minimum absolute atomic E-state index is 0.00838. The van der Waals surface area contributed by atoms with Crippen LogP contribution in [0.25, 0.3) is 0 Å². The van der Waals surface area contributed by atoms with Crippen molar-refractivity contribution in [2.24, 2.45) is 0 Å². The fourth-order valence-corrected chi connectivity index (χ4v) is 4.08. The van der Waals surface area contributed by atoms with Crippen molar-refractivity contribution in [3.63, 3.8) is 0 Å². The summed E-state index contributed by atoms with van der Waals surface area (Å²) in [5.74, 6) is 1.68. The molecule has 0 saturated carbocycles. The maximum atomic E-state index is 9.97. The fourth-order valence-electron chi connectivity index (χ4n) is 4.08. The molecular weight excluding hydrogens is 266 g/mol. The standard InChI is InChI=1S/C17H21NO3/c1-18-8-7-17-6-5-12(19)9-14(17)21-16-13(20-2)4-3-11(10-18)15(16)17/h3-6,12,14,19H,7-10H2,1-2H3/t12-,14+,17-/m1/s1. The van der Waals surface area contributed by atoms with Crippen molar-refractivity contribution in [2.45, 2.75) is 37.0 Å². The minimum Gasteiger partial charge on any atom is -0.493 e. The van der Waals surface area contributed by atoms with Crippen LogP contribution < -0.4 is 9.47 Å². The first kappa shape index (κ1) is 13.2. The smallest absolute Gasteiger partial charge is 0.166 e. The zero-order valence-corrected chi connectivity index (χ0v) is 12.5. The van der Waals surface area contributed by atoms with E-state index in [1.54, 1.807) is 7.11 Å². The number of ether oxygens (including phenoxy) is 2. The Morgan fingerprint density at radius 3 is 3.10 bits per heavy atom. The molecule has 112 valence electrons. The van der Waals surface area contributed by atoms with Crippen molar-refractivity contribution in [3.05, 3.63) is 35.4 Å². The summed E-state index contributed by atoms with van der Waals surface area (Å²) in [7, 11) is 3.84. The summed E-state index contributed by atoms with van der Waals surface area (Å²) in [5.41, 5.74) is 2.48. The van der Waals surface area contributed by atoms with Crippen LogP contribution in [0.1, 0.15) is 24.0 Å². The Kier molecular flexibility index (Phi) is 2.81. The second kappa shape index (κ2) is 4.49. The average Bonchev–Trinajstić information content (AvgIpc) is 2.72. The van der Waals surface area contributed by atoms with E-state index in [1.165, 1.54) is 11.1 Å². The molecule has 3 atom stereocenters. The molecule has 0 aromatic heterocycles. The molecule has 1 aliphatic carbocycles. The van der Waals surface area contributed by atoms with Gasteiger partial charge >= 0.3 is 0 Å². The number of aliphatic hydroxyl groups excluding tert-OH is 1. The molecule has 0 radical (unpaired) electrons. The van der Waals surface area contributed by atoms with E-state index in [0.29, 0.717) is 6.42 Å². The van der Waals surface area contributed by atoms with Crippen LogP contribution in [-0.4, -0.2) is 42.9 Å². The third-order valence-electron chi connectivity index (χ3n) is 5.15. The van der Waals surface area contributed by atoms with Crippen LogP contribution in [0, 0.1) is 0 Å². The quantitative estimate of drug-likeness (QED) is 0.801. The SMILES string of the molecule is COc1ccc2c3c1O[C@H]1C[C@H](O)C=C[C@]31CCN(C)C2. The molecule has 0 unspecified atom stereocenters. The predicted molar refractivity (Wildman–Crippen MR) is 79.8 cm³/mol. The summed E-state index contributed by atoms with van der Waals surface area (Å²) >= 11 is 0. The number of benzene rings is 1. The first-order valence-electron chi connectivity index (χ1n) is 7.57. The highest BCUT2D eigenvalue weighted by atomic mass is 16.5. The van der Waals surface area contributed by atoms with E-state index in [4.69, 9.17) is 9.47 Å². The molecule has 2 aliphatic heterocycles. The van der Waals surface area contributed by atoms with Gasteiger partial charge in [-0.05, 0) is 31.6 Å². The Morgan fingerprint density at radius 2 is 2.29 bits per heavy atom. The minimum atomic E-state index is -0.412. The Balaban J connectivity index is 1.95. The molecule has 1 spiro atoms. The summed E-state index contributed by atoms with van der Waals surface area (Å²) < 4.78 is 11.8. The van der Waals surface area contributed by atoms with Crippen molar-refractivity contribution >= 4 is 0 Å². The Morgan fingerprint density at radius 1 is 1.43 bits per heavy atom. The lowest BCUT2D eigenvalue weighted by Crippen LogP contribution is -2.42. The molecule has 0 saturated heterocycles. The Hall–Kier alpha value is -1.52. The number of methoxy groups -OCH3 is 1. The Labute approximate surface area is 125 Å². The van der Waals surface area contributed by atoms with Crippen molar-refractivity contribution in [3.8, 4) is 11.5 Å². The van der Waals surface area contributed by atoms with E-state index in [2.05, 4.69) is 24.1 Å². The van der Waals surface area contributed by atoms with E-state index in [9.17, 15) is 5.11 Å². The number of rotatable bonds is 1. The van der Waals surface area contributed by atoms with Crippen LogP contribution in [0.5, 0.6) is 11.5 Å². The highest BCUT2D eigenvalue weighted by Crippen LogP contribution is 2.55. The second-order valence-electron chi connectivity index (χ2n) is 6.43. The predicted octanol–water partition coefficient (Wildman–Crippen LogP) is 1.85. The molecule has 1 N–H and O–H groups in total. The molecule has 21 heavy (non-hydrogen) atoms. The summed E-state index contributed by atoms with van der Waals surface area (Å²) in [5, 5.41) is 9.97. The zero-order chi connectivity index (χ0) is 14.6. The van der Waals surface area contributed by atoms with E-state index in [0.717, 1.165) is 31.0 Å². The molecule has 4 nitrogen and oxygen atoms in total. The molecular formula is C17H21NO3. The molecule has 4 heteroatoms.